The molecular formula is C22H40N2O. The molecule has 0 aromatic heterocycles. The number of nitrogen functional groups attached to an aromatic ring is 2. The van der Waals surface area contributed by atoms with Gasteiger partial charge in [0.15, 0.2) is 5.75 Å². The predicted octanol–water partition coefficient (Wildman–Crippen LogP) is 6.58. The number of phenolic OH excluding ortho intramolecular Hbond substituents is 1. The van der Waals surface area contributed by atoms with E-state index in [0.29, 0.717) is 11.4 Å². The van der Waals surface area contributed by atoms with Gasteiger partial charge in [-0.1, -0.05) is 96.5 Å². The molecule has 5 N–H and O–H groups in total. The van der Waals surface area contributed by atoms with E-state index in [1.54, 1.807) is 6.07 Å². The Balaban J connectivity index is 1.90. The summed E-state index contributed by atoms with van der Waals surface area (Å²) < 4.78 is 0. The van der Waals surface area contributed by atoms with Crippen LogP contribution in [0.25, 0.3) is 0 Å². The van der Waals surface area contributed by atoms with Gasteiger partial charge in [-0.3, -0.25) is 0 Å². The van der Waals surface area contributed by atoms with E-state index >= 15 is 0 Å². The summed E-state index contributed by atoms with van der Waals surface area (Å²) >= 11 is 0. The van der Waals surface area contributed by atoms with Crippen LogP contribution >= 0.6 is 0 Å². The number of phenols is 1. The summed E-state index contributed by atoms with van der Waals surface area (Å²) in [6.45, 7) is 2.28. The summed E-state index contributed by atoms with van der Waals surface area (Å²) in [6.07, 6.45) is 20.0. The fourth-order valence-corrected chi connectivity index (χ4v) is 3.39. The summed E-state index contributed by atoms with van der Waals surface area (Å²) in [4.78, 5) is 0. The van der Waals surface area contributed by atoms with E-state index in [-0.39, 0.29) is 5.75 Å². The highest BCUT2D eigenvalue weighted by Gasteiger charge is 2.07. The molecule has 0 saturated carbocycles. The van der Waals surface area contributed by atoms with E-state index in [9.17, 15) is 5.11 Å². The van der Waals surface area contributed by atoms with Gasteiger partial charge < -0.3 is 16.6 Å². The first-order chi connectivity index (χ1) is 12.2. The molecule has 0 fully saturated rings. The maximum Gasteiger partial charge on any atom is 0.161 e. The van der Waals surface area contributed by atoms with Gasteiger partial charge in [0, 0.05) is 0 Å². The van der Waals surface area contributed by atoms with Gasteiger partial charge in [-0.15, -0.1) is 0 Å². The van der Waals surface area contributed by atoms with Crippen LogP contribution in [-0.4, -0.2) is 5.11 Å². The van der Waals surface area contributed by atoms with Crippen molar-refractivity contribution in [2.45, 2.75) is 103 Å². The van der Waals surface area contributed by atoms with Crippen LogP contribution in [0.5, 0.6) is 5.75 Å². The van der Waals surface area contributed by atoms with Gasteiger partial charge in [0.2, 0.25) is 0 Å². The largest absolute Gasteiger partial charge is 0.504 e. The average Bonchev–Trinajstić information content (AvgIpc) is 2.61. The van der Waals surface area contributed by atoms with Crippen LogP contribution in [0.1, 0.15) is 102 Å². The minimum atomic E-state index is 0.0443. The smallest absolute Gasteiger partial charge is 0.161 e. The lowest BCUT2D eigenvalue weighted by molar-refractivity contribution is 0.479. The Bertz CT molecular complexity index is 460. The molecule has 0 radical (unpaired) electrons. The lowest BCUT2D eigenvalue weighted by atomic mass is 10.0. The van der Waals surface area contributed by atoms with Crippen LogP contribution in [0.15, 0.2) is 12.1 Å². The Labute approximate surface area is 155 Å². The predicted molar refractivity (Wildman–Crippen MR) is 111 cm³/mol. The molecule has 0 saturated heterocycles. The van der Waals surface area contributed by atoms with Gasteiger partial charge >= 0.3 is 0 Å². The number of nitrogens with two attached hydrogens (primary N) is 2. The van der Waals surface area contributed by atoms with Crippen molar-refractivity contribution in [3.8, 4) is 5.75 Å². The normalized spacial score (nSPS) is 11.1. The number of benzene rings is 1. The zero-order valence-corrected chi connectivity index (χ0v) is 16.4. The fourth-order valence-electron chi connectivity index (χ4n) is 3.39. The number of hydrogen-bond donors (Lipinski definition) is 3. The van der Waals surface area contributed by atoms with E-state index in [2.05, 4.69) is 6.92 Å². The molecule has 0 aliphatic heterocycles. The molecule has 1 aromatic rings. The number of rotatable bonds is 15. The van der Waals surface area contributed by atoms with Gasteiger partial charge in [-0.05, 0) is 24.5 Å². The molecule has 144 valence electrons. The molecule has 0 aliphatic rings. The second-order valence-corrected chi connectivity index (χ2v) is 7.42. The number of hydrogen-bond acceptors (Lipinski definition) is 3. The van der Waals surface area contributed by atoms with Crippen LogP contribution in [-0.2, 0) is 6.42 Å². The monoisotopic (exact) mass is 348 g/mol. The molecule has 0 atom stereocenters. The molecular weight excluding hydrogens is 308 g/mol. The number of anilines is 2. The van der Waals surface area contributed by atoms with Crippen LogP contribution in [0.2, 0.25) is 0 Å². The molecule has 25 heavy (non-hydrogen) atoms. The minimum Gasteiger partial charge on any atom is -0.504 e. The molecule has 0 aliphatic carbocycles. The van der Waals surface area contributed by atoms with Crippen molar-refractivity contribution in [1.29, 1.82) is 0 Å². The van der Waals surface area contributed by atoms with E-state index in [1.807, 2.05) is 6.07 Å². The van der Waals surface area contributed by atoms with E-state index in [1.165, 1.54) is 83.5 Å². The van der Waals surface area contributed by atoms with E-state index in [4.69, 9.17) is 11.5 Å². The summed E-state index contributed by atoms with van der Waals surface area (Å²) in [5, 5.41) is 9.75. The van der Waals surface area contributed by atoms with Crippen molar-refractivity contribution in [3.63, 3.8) is 0 Å². The highest BCUT2D eigenvalue weighted by Crippen LogP contribution is 2.31. The van der Waals surface area contributed by atoms with Gasteiger partial charge in [0.05, 0.1) is 11.4 Å². The summed E-state index contributed by atoms with van der Waals surface area (Å²) in [7, 11) is 0. The Morgan fingerprint density at radius 2 is 1.12 bits per heavy atom. The molecule has 3 nitrogen and oxygen atoms in total. The third kappa shape index (κ3) is 9.62. The first-order valence-corrected chi connectivity index (χ1v) is 10.5. The molecule has 1 aromatic carbocycles. The Kier molecular flexibility index (Phi) is 12.0. The van der Waals surface area contributed by atoms with E-state index in [0.717, 1.165) is 18.4 Å². The second-order valence-electron chi connectivity index (χ2n) is 7.42. The molecule has 0 spiro atoms. The maximum absolute atomic E-state index is 9.75. The Hall–Kier alpha value is -1.38. The molecule has 0 amide bonds. The highest BCUT2D eigenvalue weighted by atomic mass is 16.3. The van der Waals surface area contributed by atoms with Gasteiger partial charge in [0.1, 0.15) is 0 Å². The van der Waals surface area contributed by atoms with Crippen molar-refractivity contribution in [1.82, 2.24) is 0 Å². The first kappa shape index (κ1) is 21.7. The minimum absolute atomic E-state index is 0.0443. The van der Waals surface area contributed by atoms with Crippen LogP contribution in [0, 0.1) is 0 Å². The van der Waals surface area contributed by atoms with Crippen molar-refractivity contribution >= 4 is 11.4 Å². The van der Waals surface area contributed by atoms with Crippen LogP contribution in [0.4, 0.5) is 11.4 Å². The zero-order chi connectivity index (χ0) is 18.3. The lowest BCUT2D eigenvalue weighted by Gasteiger charge is -2.09. The average molecular weight is 349 g/mol. The number of unbranched alkanes of at least 4 members (excludes halogenated alkanes) is 13. The Morgan fingerprint density at radius 1 is 0.680 bits per heavy atom. The third-order valence-corrected chi connectivity index (χ3v) is 5.14. The molecule has 0 unspecified atom stereocenters. The summed E-state index contributed by atoms with van der Waals surface area (Å²) in [5.41, 5.74) is 13.4. The van der Waals surface area contributed by atoms with Crippen LogP contribution in [0.3, 0.4) is 0 Å². The van der Waals surface area contributed by atoms with Gasteiger partial charge in [-0.2, -0.15) is 0 Å². The number of aromatic hydroxyl groups is 1. The van der Waals surface area contributed by atoms with Crippen LogP contribution < -0.4 is 11.5 Å². The topological polar surface area (TPSA) is 72.3 Å². The molecule has 3 heteroatoms. The zero-order valence-electron chi connectivity index (χ0n) is 16.4. The van der Waals surface area contributed by atoms with Crippen molar-refractivity contribution in [2.24, 2.45) is 0 Å². The van der Waals surface area contributed by atoms with Crippen molar-refractivity contribution in [2.75, 3.05) is 11.5 Å². The van der Waals surface area contributed by atoms with Gasteiger partial charge in [0.25, 0.3) is 0 Å². The Morgan fingerprint density at radius 3 is 1.60 bits per heavy atom. The third-order valence-electron chi connectivity index (χ3n) is 5.14. The summed E-state index contributed by atoms with van der Waals surface area (Å²) in [6, 6.07) is 3.68. The van der Waals surface area contributed by atoms with Gasteiger partial charge in [-0.25, -0.2) is 0 Å². The fraction of sp³-hybridized carbons (Fsp3) is 0.727. The van der Waals surface area contributed by atoms with Crippen molar-refractivity contribution < 1.29 is 5.11 Å². The first-order valence-electron chi connectivity index (χ1n) is 10.5. The number of aryl methyl sites for hydroxylation is 1. The molecule has 1 rings (SSSR count). The molecule has 0 bridgehead atoms. The maximum atomic E-state index is 9.75. The SMILES string of the molecule is CCCCCCCCCCCCCCCCc1ccc(N)c(O)c1N. The quantitative estimate of drug-likeness (QED) is 0.190. The van der Waals surface area contributed by atoms with E-state index < -0.39 is 0 Å². The van der Waals surface area contributed by atoms with Crippen molar-refractivity contribution in [3.05, 3.63) is 17.7 Å². The molecule has 0 heterocycles. The second kappa shape index (κ2) is 13.9. The summed E-state index contributed by atoms with van der Waals surface area (Å²) in [5.74, 6) is 0.0443. The lowest BCUT2D eigenvalue weighted by Crippen LogP contribution is -1.98. The standard InChI is InChI=1S/C22H40N2O/c1-2-3-4-5-6-7-8-9-10-11-12-13-14-15-16-19-17-18-20(23)22(25)21(19)24/h17-18,25H,2-16,23-24H2,1H3. The highest BCUT2D eigenvalue weighted by molar-refractivity contribution is 5.69.